The lowest BCUT2D eigenvalue weighted by molar-refractivity contribution is -0.895. The molecule has 4 nitrogen and oxygen atoms in total. The first-order chi connectivity index (χ1) is 5.97. The molecule has 1 N–H and O–H groups in total. The van der Waals surface area contributed by atoms with E-state index in [-0.39, 0.29) is 18.1 Å². The first-order valence-electron chi connectivity index (χ1n) is 4.64. The van der Waals surface area contributed by atoms with Crippen molar-refractivity contribution in [2.75, 3.05) is 27.2 Å². The molecule has 0 amide bonds. The van der Waals surface area contributed by atoms with E-state index in [9.17, 15) is 9.90 Å². The van der Waals surface area contributed by atoms with Crippen molar-refractivity contribution in [3.63, 3.8) is 0 Å². The zero-order chi connectivity index (χ0) is 10.1. The summed E-state index contributed by atoms with van der Waals surface area (Å²) in [5, 5.41) is 9.43. The second-order valence-corrected chi connectivity index (χ2v) is 4.12. The topological polar surface area (TPSA) is 46.5 Å². The Kier molecular flexibility index (Phi) is 2.93. The molecule has 0 bridgehead atoms. The van der Waals surface area contributed by atoms with Crippen LogP contribution >= 0.6 is 0 Å². The van der Waals surface area contributed by atoms with E-state index in [1.807, 2.05) is 14.1 Å². The number of aliphatic hydroxyl groups excluding tert-OH is 1. The Morgan fingerprint density at radius 3 is 2.62 bits per heavy atom. The first-order valence-corrected chi connectivity index (χ1v) is 4.64. The number of carbonyl (C=O) groups is 1. The molecular weight excluding hydrogens is 170 g/mol. The monoisotopic (exact) mass is 188 g/mol. The van der Waals surface area contributed by atoms with E-state index in [1.165, 1.54) is 0 Å². The van der Waals surface area contributed by atoms with Crippen LogP contribution in [0.3, 0.4) is 0 Å². The third-order valence-corrected chi connectivity index (χ3v) is 2.58. The number of carbonyl (C=O) groups excluding carboxylic acids is 1. The van der Waals surface area contributed by atoms with Crippen molar-refractivity contribution in [3.05, 3.63) is 0 Å². The van der Waals surface area contributed by atoms with Gasteiger partial charge in [0.05, 0.1) is 20.7 Å². The number of ether oxygens (including phenoxy) is 1. The predicted octanol–water partition coefficient (Wildman–Crippen LogP) is -0.241. The van der Waals surface area contributed by atoms with Crippen LogP contribution in [0.15, 0.2) is 0 Å². The molecule has 0 aromatic carbocycles. The van der Waals surface area contributed by atoms with E-state index in [4.69, 9.17) is 4.74 Å². The van der Waals surface area contributed by atoms with Crippen molar-refractivity contribution in [1.82, 2.24) is 0 Å². The van der Waals surface area contributed by atoms with Gasteiger partial charge in [0.15, 0.2) is 6.04 Å². The average molecular weight is 188 g/mol. The lowest BCUT2D eigenvalue weighted by Gasteiger charge is -2.29. The summed E-state index contributed by atoms with van der Waals surface area (Å²) in [5.41, 5.74) is 0. The number of esters is 1. The van der Waals surface area contributed by atoms with Crippen LogP contribution in [0.1, 0.15) is 13.3 Å². The van der Waals surface area contributed by atoms with E-state index in [2.05, 4.69) is 0 Å². The first kappa shape index (κ1) is 10.5. The number of rotatable bonds is 2. The zero-order valence-electron chi connectivity index (χ0n) is 8.49. The average Bonchev–Trinajstić information content (AvgIpc) is 2.24. The molecule has 2 unspecified atom stereocenters. The summed E-state index contributed by atoms with van der Waals surface area (Å²) in [6, 6.07) is -0.199. The third kappa shape index (κ3) is 2.19. The molecule has 0 spiro atoms. The normalized spacial score (nSPS) is 31.7. The second-order valence-electron chi connectivity index (χ2n) is 4.12. The Bertz CT molecular complexity index is 203. The van der Waals surface area contributed by atoms with Crippen LogP contribution in [-0.2, 0) is 9.53 Å². The largest absolute Gasteiger partial charge is 0.462 e. The Morgan fingerprint density at radius 1 is 1.62 bits per heavy atom. The number of hydrogen-bond donors (Lipinski definition) is 1. The molecule has 1 aliphatic rings. The molecule has 1 aliphatic heterocycles. The van der Waals surface area contributed by atoms with Gasteiger partial charge < -0.3 is 14.3 Å². The van der Waals surface area contributed by atoms with Crippen molar-refractivity contribution >= 4 is 5.97 Å². The molecule has 1 rings (SSSR count). The highest BCUT2D eigenvalue weighted by molar-refractivity contribution is 5.74. The van der Waals surface area contributed by atoms with E-state index in [0.29, 0.717) is 24.1 Å². The molecule has 76 valence electrons. The lowest BCUT2D eigenvalue weighted by atomic mass is 10.2. The molecule has 0 aliphatic carbocycles. The fraction of sp³-hybridized carbons (Fsp3) is 0.889. The minimum atomic E-state index is -0.371. The van der Waals surface area contributed by atoms with Gasteiger partial charge in [-0.3, -0.25) is 0 Å². The van der Waals surface area contributed by atoms with Crippen LogP contribution in [0.5, 0.6) is 0 Å². The van der Waals surface area contributed by atoms with E-state index >= 15 is 0 Å². The lowest BCUT2D eigenvalue weighted by Crippen LogP contribution is -2.49. The molecule has 0 saturated carbocycles. The van der Waals surface area contributed by atoms with Crippen LogP contribution in [0, 0.1) is 0 Å². The molecule has 0 radical (unpaired) electrons. The van der Waals surface area contributed by atoms with Crippen LogP contribution in [0.4, 0.5) is 0 Å². The summed E-state index contributed by atoms with van der Waals surface area (Å²) in [6.07, 6.45) is 0.149. The second kappa shape index (κ2) is 3.64. The van der Waals surface area contributed by atoms with Gasteiger partial charge in [-0.1, -0.05) is 0 Å². The smallest absolute Gasteiger partial charge is 0.365 e. The van der Waals surface area contributed by atoms with Crippen molar-refractivity contribution < 1.29 is 19.1 Å². The van der Waals surface area contributed by atoms with Gasteiger partial charge in [0.25, 0.3) is 0 Å². The maximum atomic E-state index is 11.5. The molecule has 4 heteroatoms. The summed E-state index contributed by atoms with van der Waals surface area (Å²) >= 11 is 0. The van der Waals surface area contributed by atoms with Crippen molar-refractivity contribution in [2.24, 2.45) is 0 Å². The summed E-state index contributed by atoms with van der Waals surface area (Å²) < 4.78 is 5.47. The molecule has 1 saturated heterocycles. The van der Waals surface area contributed by atoms with Crippen molar-refractivity contribution in [3.8, 4) is 0 Å². The van der Waals surface area contributed by atoms with Gasteiger partial charge in [0.2, 0.25) is 0 Å². The summed E-state index contributed by atoms with van der Waals surface area (Å²) in [5.74, 6) is -0.191. The molecule has 0 aromatic heterocycles. The SMILES string of the molecule is CCOC(=O)C1CC(O)C[N+]1(C)C. The van der Waals surface area contributed by atoms with Gasteiger partial charge in [-0.2, -0.15) is 0 Å². The number of likely N-dealkylation sites (tertiary alicyclic amines) is 1. The fourth-order valence-electron chi connectivity index (χ4n) is 1.91. The van der Waals surface area contributed by atoms with Gasteiger partial charge in [-0.05, 0) is 6.92 Å². The number of hydrogen-bond acceptors (Lipinski definition) is 3. The highest BCUT2D eigenvalue weighted by Crippen LogP contribution is 2.23. The minimum absolute atomic E-state index is 0.191. The Balaban J connectivity index is 2.64. The standard InChI is InChI=1S/C9H18NO3/c1-4-13-9(12)8-5-7(11)6-10(8,2)3/h7-8,11H,4-6H2,1-3H3/q+1. The van der Waals surface area contributed by atoms with Crippen molar-refractivity contribution in [1.29, 1.82) is 0 Å². The summed E-state index contributed by atoms with van der Waals surface area (Å²) in [6.45, 7) is 2.83. The predicted molar refractivity (Wildman–Crippen MR) is 48.0 cm³/mol. The quantitative estimate of drug-likeness (QED) is 0.480. The minimum Gasteiger partial charge on any atom is -0.462 e. The van der Waals surface area contributed by atoms with E-state index < -0.39 is 0 Å². The van der Waals surface area contributed by atoms with Gasteiger partial charge in [0, 0.05) is 6.42 Å². The fourth-order valence-corrected chi connectivity index (χ4v) is 1.91. The van der Waals surface area contributed by atoms with Crippen molar-refractivity contribution in [2.45, 2.75) is 25.5 Å². The van der Waals surface area contributed by atoms with Crippen LogP contribution < -0.4 is 0 Å². The van der Waals surface area contributed by atoms with Crippen LogP contribution in [-0.4, -0.2) is 55.0 Å². The molecular formula is C9H18NO3+. The molecule has 2 atom stereocenters. The number of likely N-dealkylation sites (N-methyl/N-ethyl adjacent to an activating group) is 1. The third-order valence-electron chi connectivity index (χ3n) is 2.58. The zero-order valence-corrected chi connectivity index (χ0v) is 8.49. The maximum absolute atomic E-state index is 11.5. The van der Waals surface area contributed by atoms with Gasteiger partial charge in [0.1, 0.15) is 12.6 Å². The van der Waals surface area contributed by atoms with Gasteiger partial charge in [-0.25, -0.2) is 4.79 Å². The van der Waals surface area contributed by atoms with Crippen LogP contribution in [0.25, 0.3) is 0 Å². The van der Waals surface area contributed by atoms with E-state index in [1.54, 1.807) is 6.92 Å². The highest BCUT2D eigenvalue weighted by Gasteiger charge is 2.45. The summed E-state index contributed by atoms with van der Waals surface area (Å²) in [4.78, 5) is 11.5. The number of nitrogens with zero attached hydrogens (tertiary/aromatic N) is 1. The van der Waals surface area contributed by atoms with Crippen LogP contribution in [0.2, 0.25) is 0 Å². The Hall–Kier alpha value is -0.610. The molecule has 1 heterocycles. The van der Waals surface area contributed by atoms with Gasteiger partial charge >= 0.3 is 5.97 Å². The van der Waals surface area contributed by atoms with Gasteiger partial charge in [-0.15, -0.1) is 0 Å². The number of quaternary nitrogens is 1. The Labute approximate surface area is 78.7 Å². The highest BCUT2D eigenvalue weighted by atomic mass is 16.5. The number of aliphatic hydroxyl groups is 1. The molecule has 13 heavy (non-hydrogen) atoms. The maximum Gasteiger partial charge on any atom is 0.365 e. The summed E-state index contributed by atoms with van der Waals surface area (Å²) in [7, 11) is 3.88. The molecule has 0 aromatic rings. The molecule has 1 fully saturated rings. The van der Waals surface area contributed by atoms with E-state index in [0.717, 1.165) is 0 Å². The Morgan fingerprint density at radius 2 is 2.23 bits per heavy atom.